The van der Waals surface area contributed by atoms with Crippen LogP contribution in [0.1, 0.15) is 28.9 Å². The summed E-state index contributed by atoms with van der Waals surface area (Å²) in [7, 11) is 0. The fourth-order valence-corrected chi connectivity index (χ4v) is 6.34. The van der Waals surface area contributed by atoms with E-state index in [0.717, 1.165) is 19.8 Å². The fourth-order valence-electron chi connectivity index (χ4n) is 3.09. The number of fused-ring (bicyclic) bond motifs is 2. The zero-order valence-corrected chi connectivity index (χ0v) is 14.7. The second kappa shape index (κ2) is 6.13. The van der Waals surface area contributed by atoms with Crippen LogP contribution in [0.5, 0.6) is 0 Å². The van der Waals surface area contributed by atoms with Crippen LogP contribution in [0.4, 0.5) is 0 Å². The van der Waals surface area contributed by atoms with Crippen LogP contribution in [0.3, 0.4) is 0 Å². The molecule has 4 heterocycles. The Labute approximate surface area is 145 Å². The average molecular weight is 372 g/mol. The first kappa shape index (κ1) is 15.0. The van der Waals surface area contributed by atoms with E-state index in [2.05, 4.69) is 15.6 Å². The van der Waals surface area contributed by atoms with Crippen molar-refractivity contribution in [3.05, 3.63) is 27.5 Å². The van der Waals surface area contributed by atoms with Crippen LogP contribution < -0.4 is 10.6 Å². The van der Waals surface area contributed by atoms with Gasteiger partial charge in [0.05, 0.1) is 9.09 Å². The smallest absolute Gasteiger partial charge is 0.261 e. The lowest BCUT2D eigenvalue weighted by Gasteiger charge is -2.20. The highest BCUT2D eigenvalue weighted by Crippen LogP contribution is 2.36. The first-order valence-electron chi connectivity index (χ1n) is 7.13. The molecule has 2 saturated heterocycles. The van der Waals surface area contributed by atoms with Crippen molar-refractivity contribution in [2.45, 2.75) is 45.9 Å². The van der Waals surface area contributed by atoms with E-state index >= 15 is 0 Å². The predicted molar refractivity (Wildman–Crippen MR) is 91.4 cm³/mol. The predicted octanol–water partition coefficient (Wildman–Crippen LogP) is 3.63. The number of amides is 1. The lowest BCUT2D eigenvalue weighted by molar-refractivity contribution is 0.0935. The Morgan fingerprint density at radius 1 is 1.45 bits per heavy atom. The number of carbonyl (C=O) groups excluding carboxylic acids is 1. The molecule has 2 N–H and O–H groups in total. The molecule has 116 valence electrons. The molecule has 4 rings (SSSR count). The highest BCUT2D eigenvalue weighted by molar-refractivity contribution is 8.02. The van der Waals surface area contributed by atoms with Crippen molar-refractivity contribution < 1.29 is 4.79 Å². The zero-order valence-electron chi connectivity index (χ0n) is 11.5. The van der Waals surface area contributed by atoms with Crippen molar-refractivity contribution in [1.82, 2.24) is 15.6 Å². The zero-order chi connectivity index (χ0) is 15.1. The van der Waals surface area contributed by atoms with Gasteiger partial charge in [-0.1, -0.05) is 11.6 Å². The van der Waals surface area contributed by atoms with Gasteiger partial charge >= 0.3 is 0 Å². The minimum absolute atomic E-state index is 0.0355. The Morgan fingerprint density at radius 2 is 2.36 bits per heavy atom. The highest BCUT2D eigenvalue weighted by Gasteiger charge is 2.39. The Bertz CT molecular complexity index is 701. The molecule has 2 aromatic heterocycles. The van der Waals surface area contributed by atoms with Gasteiger partial charge in [0, 0.05) is 23.5 Å². The number of thiazole rings is 1. The molecule has 2 bridgehead atoms. The van der Waals surface area contributed by atoms with Gasteiger partial charge in [-0.25, -0.2) is 4.98 Å². The van der Waals surface area contributed by atoms with Crippen LogP contribution in [0, 0.1) is 0 Å². The molecule has 2 aromatic rings. The monoisotopic (exact) mass is 371 g/mol. The standard InChI is InChI=1S/C14H14ClN3OS3/c15-11-6-20-14(18-11)22-12-4-3-10(21-12)13(19)17-9-5-7-1-2-8(9)16-7/h3-4,6-9,16H,1-2,5H2,(H,17,19)/t7-,8+,9-/m1/s1. The van der Waals surface area contributed by atoms with E-state index < -0.39 is 0 Å². The maximum absolute atomic E-state index is 12.4. The third kappa shape index (κ3) is 3.05. The molecule has 0 saturated carbocycles. The molecule has 2 aliphatic rings. The molecule has 2 aliphatic heterocycles. The van der Waals surface area contributed by atoms with E-state index in [-0.39, 0.29) is 11.9 Å². The Morgan fingerprint density at radius 3 is 3.05 bits per heavy atom. The number of nitrogens with zero attached hydrogens (tertiary/aromatic N) is 1. The molecule has 2 fully saturated rings. The first-order chi connectivity index (χ1) is 10.7. The van der Waals surface area contributed by atoms with Crippen LogP contribution in [-0.2, 0) is 0 Å². The Hall–Kier alpha value is -0.600. The van der Waals surface area contributed by atoms with Gasteiger partial charge in [-0.15, -0.1) is 22.7 Å². The van der Waals surface area contributed by atoms with Gasteiger partial charge in [0.15, 0.2) is 4.34 Å². The minimum atomic E-state index is 0.0355. The van der Waals surface area contributed by atoms with Crippen molar-refractivity contribution in [3.8, 4) is 0 Å². The molecule has 0 radical (unpaired) electrons. The van der Waals surface area contributed by atoms with Gasteiger partial charge in [-0.05, 0) is 43.2 Å². The van der Waals surface area contributed by atoms with Crippen molar-refractivity contribution in [3.63, 3.8) is 0 Å². The molecule has 3 atom stereocenters. The fraction of sp³-hybridized carbons (Fsp3) is 0.429. The van der Waals surface area contributed by atoms with Crippen molar-refractivity contribution in [2.24, 2.45) is 0 Å². The maximum atomic E-state index is 12.4. The normalized spacial score (nSPS) is 26.5. The van der Waals surface area contributed by atoms with Crippen LogP contribution in [0.15, 0.2) is 26.1 Å². The summed E-state index contributed by atoms with van der Waals surface area (Å²) in [6.07, 6.45) is 3.47. The van der Waals surface area contributed by atoms with Gasteiger partial charge < -0.3 is 10.6 Å². The minimum Gasteiger partial charge on any atom is -0.347 e. The summed E-state index contributed by atoms with van der Waals surface area (Å²) < 4.78 is 1.96. The Kier molecular flexibility index (Phi) is 4.17. The van der Waals surface area contributed by atoms with Gasteiger partial charge in [0.2, 0.25) is 0 Å². The summed E-state index contributed by atoms with van der Waals surface area (Å²) >= 11 is 10.4. The van der Waals surface area contributed by atoms with Gasteiger partial charge in [-0.2, -0.15) is 0 Å². The first-order valence-corrected chi connectivity index (χ1v) is 10.0. The molecule has 0 aliphatic carbocycles. The number of aromatic nitrogens is 1. The van der Waals surface area contributed by atoms with E-state index in [1.165, 1.54) is 35.5 Å². The van der Waals surface area contributed by atoms with E-state index in [1.807, 2.05) is 17.5 Å². The van der Waals surface area contributed by atoms with E-state index in [9.17, 15) is 4.79 Å². The maximum Gasteiger partial charge on any atom is 0.261 e. The van der Waals surface area contributed by atoms with Crippen molar-refractivity contribution in [2.75, 3.05) is 0 Å². The molecular weight excluding hydrogens is 358 g/mol. The van der Waals surface area contributed by atoms with Gasteiger partial charge in [-0.3, -0.25) is 4.79 Å². The number of rotatable bonds is 4. The third-order valence-corrected chi connectivity index (χ3v) is 7.54. The number of hydrogen-bond donors (Lipinski definition) is 2. The SMILES string of the molecule is O=C(N[C@@H]1C[C@H]2CC[C@@H]1N2)c1ccc(Sc2nc(Cl)cs2)s1. The lowest BCUT2D eigenvalue weighted by Crippen LogP contribution is -2.42. The Balaban J connectivity index is 1.39. The molecule has 0 unspecified atom stereocenters. The van der Waals surface area contributed by atoms with Gasteiger partial charge in [0.25, 0.3) is 5.91 Å². The lowest BCUT2D eigenvalue weighted by atomic mass is 9.95. The van der Waals surface area contributed by atoms with Gasteiger partial charge in [0.1, 0.15) is 5.15 Å². The van der Waals surface area contributed by atoms with Crippen molar-refractivity contribution in [1.29, 1.82) is 0 Å². The topological polar surface area (TPSA) is 54.0 Å². The summed E-state index contributed by atoms with van der Waals surface area (Å²) in [6, 6.07) is 5.19. The van der Waals surface area contributed by atoms with Crippen LogP contribution in [-0.4, -0.2) is 29.0 Å². The van der Waals surface area contributed by atoms with E-state index in [4.69, 9.17) is 11.6 Å². The second-order valence-corrected chi connectivity index (χ2v) is 9.40. The van der Waals surface area contributed by atoms with Crippen molar-refractivity contribution >= 4 is 51.9 Å². The van der Waals surface area contributed by atoms with Crippen LogP contribution >= 0.6 is 46.0 Å². The third-order valence-electron chi connectivity index (χ3n) is 4.06. The molecule has 0 aromatic carbocycles. The number of nitrogens with one attached hydrogen (secondary N) is 2. The quantitative estimate of drug-likeness (QED) is 0.861. The molecule has 8 heteroatoms. The van der Waals surface area contributed by atoms with Crippen LogP contribution in [0.2, 0.25) is 5.15 Å². The van der Waals surface area contributed by atoms with E-state index in [0.29, 0.717) is 17.2 Å². The summed E-state index contributed by atoms with van der Waals surface area (Å²) in [6.45, 7) is 0. The number of halogens is 1. The summed E-state index contributed by atoms with van der Waals surface area (Å²) in [5, 5.41) is 9.05. The summed E-state index contributed by atoms with van der Waals surface area (Å²) in [5.41, 5.74) is 0. The number of thiophene rings is 1. The number of carbonyl (C=O) groups is 1. The average Bonchev–Trinajstić information content (AvgIpc) is 3.24. The molecule has 22 heavy (non-hydrogen) atoms. The number of hydrogen-bond acceptors (Lipinski definition) is 6. The molecular formula is C14H14ClN3OS3. The van der Waals surface area contributed by atoms with E-state index in [1.54, 1.807) is 11.8 Å². The van der Waals surface area contributed by atoms with Crippen LogP contribution in [0.25, 0.3) is 0 Å². The molecule has 1 amide bonds. The second-order valence-electron chi connectivity index (χ2n) is 5.52. The molecule has 4 nitrogen and oxygen atoms in total. The summed E-state index contributed by atoms with van der Waals surface area (Å²) in [5.74, 6) is 0.0355. The largest absolute Gasteiger partial charge is 0.347 e. The molecule has 0 spiro atoms. The highest BCUT2D eigenvalue weighted by atomic mass is 35.5. The summed E-state index contributed by atoms with van der Waals surface area (Å²) in [4.78, 5) is 17.3.